The highest BCUT2D eigenvalue weighted by Crippen LogP contribution is 2.16. The van der Waals surface area contributed by atoms with E-state index in [4.69, 9.17) is 0 Å². The van der Waals surface area contributed by atoms with Gasteiger partial charge in [-0.15, -0.1) is 0 Å². The van der Waals surface area contributed by atoms with Gasteiger partial charge >= 0.3 is 0 Å². The Kier molecular flexibility index (Phi) is 3.47. The Morgan fingerprint density at radius 3 is 2.45 bits per heavy atom. The molecule has 1 N–H and O–H groups in total. The summed E-state index contributed by atoms with van der Waals surface area (Å²) in [5, 5.41) is 3.71. The van der Waals surface area contributed by atoms with E-state index in [-0.39, 0.29) is 17.2 Å². The summed E-state index contributed by atoms with van der Waals surface area (Å²) in [6, 6.07) is 14.1. The standard InChI is InChI=1S/C17H13FN2O2/c1-19-16(21)15-10-11-4-2-3-5-14(11)17(22)20(15)13-8-6-12(18)7-9-13/h2-10H,1H3,(H,19,21). The number of halogens is 1. The minimum atomic E-state index is -0.404. The number of fused-ring (bicyclic) bond motifs is 1. The van der Waals surface area contributed by atoms with Crippen LogP contribution in [0.25, 0.3) is 16.5 Å². The maximum atomic E-state index is 13.1. The summed E-state index contributed by atoms with van der Waals surface area (Å²) < 4.78 is 14.4. The van der Waals surface area contributed by atoms with E-state index in [1.807, 2.05) is 0 Å². The van der Waals surface area contributed by atoms with Gasteiger partial charge < -0.3 is 5.32 Å². The molecule has 0 spiro atoms. The van der Waals surface area contributed by atoms with Crippen molar-refractivity contribution in [3.63, 3.8) is 0 Å². The molecular formula is C17H13FN2O2. The SMILES string of the molecule is CNC(=O)c1cc2ccccc2c(=O)n1-c1ccc(F)cc1. The number of nitrogens with one attached hydrogen (secondary N) is 1. The van der Waals surface area contributed by atoms with Gasteiger partial charge in [-0.05, 0) is 41.8 Å². The van der Waals surface area contributed by atoms with Crippen molar-refractivity contribution in [1.29, 1.82) is 0 Å². The number of nitrogens with zero attached hydrogens (tertiary/aromatic N) is 1. The number of hydrogen-bond donors (Lipinski definition) is 1. The van der Waals surface area contributed by atoms with Gasteiger partial charge in [-0.3, -0.25) is 14.2 Å². The van der Waals surface area contributed by atoms with Crippen molar-refractivity contribution in [2.75, 3.05) is 7.05 Å². The molecule has 2 aromatic carbocycles. The number of benzene rings is 2. The van der Waals surface area contributed by atoms with Crippen molar-refractivity contribution >= 4 is 16.7 Å². The van der Waals surface area contributed by atoms with Crippen LogP contribution in [0.2, 0.25) is 0 Å². The van der Waals surface area contributed by atoms with Crippen LogP contribution in [-0.4, -0.2) is 17.5 Å². The number of hydrogen-bond acceptors (Lipinski definition) is 2. The highest BCUT2D eigenvalue weighted by Gasteiger charge is 2.15. The molecule has 5 heteroatoms. The molecule has 4 nitrogen and oxygen atoms in total. The van der Waals surface area contributed by atoms with Gasteiger partial charge in [0.1, 0.15) is 11.5 Å². The van der Waals surface area contributed by atoms with Gasteiger partial charge in [-0.25, -0.2) is 4.39 Å². The molecule has 0 saturated heterocycles. The lowest BCUT2D eigenvalue weighted by molar-refractivity contribution is 0.0955. The lowest BCUT2D eigenvalue weighted by Gasteiger charge is -2.13. The molecule has 0 radical (unpaired) electrons. The second-order valence-electron chi connectivity index (χ2n) is 4.81. The minimum Gasteiger partial charge on any atom is -0.354 e. The zero-order valence-electron chi connectivity index (χ0n) is 11.8. The first kappa shape index (κ1) is 14.0. The summed E-state index contributed by atoms with van der Waals surface area (Å²) in [6.07, 6.45) is 0. The molecule has 0 saturated carbocycles. The molecule has 0 unspecified atom stereocenters. The fraction of sp³-hybridized carbons (Fsp3) is 0.0588. The molecule has 3 aromatic rings. The van der Waals surface area contributed by atoms with E-state index in [0.29, 0.717) is 16.5 Å². The molecule has 22 heavy (non-hydrogen) atoms. The van der Waals surface area contributed by atoms with Crippen molar-refractivity contribution in [3.05, 3.63) is 76.5 Å². The number of carbonyl (C=O) groups excluding carboxylic acids is 1. The third kappa shape index (κ3) is 2.26. The first-order chi connectivity index (χ1) is 10.6. The van der Waals surface area contributed by atoms with Crippen LogP contribution in [0.3, 0.4) is 0 Å². The molecular weight excluding hydrogens is 283 g/mol. The van der Waals surface area contributed by atoms with Crippen molar-refractivity contribution in [2.45, 2.75) is 0 Å². The van der Waals surface area contributed by atoms with Crippen LogP contribution >= 0.6 is 0 Å². The smallest absolute Gasteiger partial charge is 0.268 e. The Hall–Kier alpha value is -2.95. The maximum Gasteiger partial charge on any atom is 0.268 e. The van der Waals surface area contributed by atoms with Gasteiger partial charge in [0, 0.05) is 18.1 Å². The molecule has 110 valence electrons. The zero-order valence-corrected chi connectivity index (χ0v) is 11.8. The van der Waals surface area contributed by atoms with Crippen LogP contribution < -0.4 is 10.9 Å². The van der Waals surface area contributed by atoms with E-state index in [1.165, 1.54) is 35.9 Å². The topological polar surface area (TPSA) is 51.1 Å². The van der Waals surface area contributed by atoms with Gasteiger partial charge in [-0.1, -0.05) is 18.2 Å². The van der Waals surface area contributed by atoms with Crippen molar-refractivity contribution in [3.8, 4) is 5.69 Å². The highest BCUT2D eigenvalue weighted by molar-refractivity contribution is 5.97. The monoisotopic (exact) mass is 296 g/mol. The van der Waals surface area contributed by atoms with Crippen LogP contribution in [-0.2, 0) is 0 Å². The first-order valence-corrected chi connectivity index (χ1v) is 6.74. The maximum absolute atomic E-state index is 13.1. The fourth-order valence-electron chi connectivity index (χ4n) is 2.40. The van der Waals surface area contributed by atoms with Crippen LogP contribution in [0.1, 0.15) is 10.5 Å². The predicted molar refractivity (Wildman–Crippen MR) is 82.9 cm³/mol. The lowest BCUT2D eigenvalue weighted by Crippen LogP contribution is -2.29. The van der Waals surface area contributed by atoms with E-state index in [1.54, 1.807) is 30.3 Å². The van der Waals surface area contributed by atoms with Gasteiger partial charge in [-0.2, -0.15) is 0 Å². The third-order valence-electron chi connectivity index (χ3n) is 3.47. The summed E-state index contributed by atoms with van der Waals surface area (Å²) in [4.78, 5) is 24.9. The van der Waals surface area contributed by atoms with Gasteiger partial charge in [0.25, 0.3) is 11.5 Å². The van der Waals surface area contributed by atoms with Crippen LogP contribution in [0.15, 0.2) is 59.4 Å². The van der Waals surface area contributed by atoms with Crippen LogP contribution in [0, 0.1) is 5.82 Å². The Labute approximate surface area is 125 Å². The normalized spacial score (nSPS) is 10.6. The quantitative estimate of drug-likeness (QED) is 0.790. The van der Waals surface area contributed by atoms with E-state index in [2.05, 4.69) is 5.32 Å². The van der Waals surface area contributed by atoms with Crippen LogP contribution in [0.4, 0.5) is 4.39 Å². The Balaban J connectivity index is 2.39. The zero-order chi connectivity index (χ0) is 15.7. The largest absolute Gasteiger partial charge is 0.354 e. The molecule has 0 aliphatic heterocycles. The Morgan fingerprint density at radius 1 is 1.09 bits per heavy atom. The van der Waals surface area contributed by atoms with Crippen molar-refractivity contribution in [2.24, 2.45) is 0 Å². The highest BCUT2D eigenvalue weighted by atomic mass is 19.1. The van der Waals surface area contributed by atoms with Gasteiger partial charge in [0.2, 0.25) is 0 Å². The van der Waals surface area contributed by atoms with Crippen molar-refractivity contribution in [1.82, 2.24) is 9.88 Å². The second-order valence-corrected chi connectivity index (χ2v) is 4.81. The van der Waals surface area contributed by atoms with Crippen molar-refractivity contribution < 1.29 is 9.18 Å². The summed E-state index contributed by atoms with van der Waals surface area (Å²) in [5.74, 6) is -0.786. The summed E-state index contributed by atoms with van der Waals surface area (Å²) in [5.41, 5.74) is 0.330. The molecule has 1 amide bonds. The van der Waals surface area contributed by atoms with Crippen LogP contribution in [0.5, 0.6) is 0 Å². The molecule has 0 aliphatic carbocycles. The van der Waals surface area contributed by atoms with E-state index < -0.39 is 5.82 Å². The first-order valence-electron chi connectivity index (χ1n) is 6.74. The number of carbonyl (C=O) groups is 1. The number of rotatable bonds is 2. The van der Waals surface area contributed by atoms with E-state index >= 15 is 0 Å². The molecule has 0 aliphatic rings. The average molecular weight is 296 g/mol. The lowest BCUT2D eigenvalue weighted by atomic mass is 10.1. The average Bonchev–Trinajstić information content (AvgIpc) is 2.55. The summed E-state index contributed by atoms with van der Waals surface area (Å²) in [7, 11) is 1.50. The molecule has 1 heterocycles. The third-order valence-corrected chi connectivity index (χ3v) is 3.47. The molecule has 3 rings (SSSR count). The van der Waals surface area contributed by atoms with E-state index in [0.717, 1.165) is 0 Å². The van der Waals surface area contributed by atoms with E-state index in [9.17, 15) is 14.0 Å². The summed E-state index contributed by atoms with van der Waals surface area (Å²) >= 11 is 0. The molecule has 0 atom stereocenters. The molecule has 0 bridgehead atoms. The predicted octanol–water partition coefficient (Wildman–Crippen LogP) is 2.49. The van der Waals surface area contributed by atoms with Gasteiger partial charge in [0.05, 0.1) is 0 Å². The number of pyridine rings is 1. The molecule has 0 fully saturated rings. The fourth-order valence-corrected chi connectivity index (χ4v) is 2.40. The van der Waals surface area contributed by atoms with Gasteiger partial charge in [0.15, 0.2) is 0 Å². The second kappa shape index (κ2) is 5.44. The molecule has 1 aromatic heterocycles. The number of aromatic nitrogens is 1. The Morgan fingerprint density at radius 2 is 1.77 bits per heavy atom. The number of amides is 1. The Bertz CT molecular complexity index is 914. The summed E-state index contributed by atoms with van der Waals surface area (Å²) in [6.45, 7) is 0. The minimum absolute atomic E-state index is 0.206.